The molecule has 0 atom stereocenters. The number of nitrogens with zero attached hydrogens (tertiary/aromatic N) is 2. The molecular weight excluding hydrogens is 821 g/mol. The van der Waals surface area contributed by atoms with Crippen LogP contribution in [0.2, 0.25) is 0 Å². The fourth-order valence-electron chi connectivity index (χ4n) is 10.6. The first kappa shape index (κ1) is 39.4. The van der Waals surface area contributed by atoms with Crippen molar-refractivity contribution in [3.05, 3.63) is 267 Å². The van der Waals surface area contributed by atoms with Gasteiger partial charge in [-0.3, -0.25) is 0 Å². The Morgan fingerprint density at radius 3 is 1.43 bits per heavy atom. The molecule has 13 rings (SSSR count). The summed E-state index contributed by atoms with van der Waals surface area (Å²) in [5.74, 6) is 0. The van der Waals surface area contributed by atoms with E-state index >= 15 is 0 Å². The van der Waals surface area contributed by atoms with Gasteiger partial charge in [0.2, 0.25) is 0 Å². The fraction of sp³-hybridized carbons (Fsp3) is 0. The maximum atomic E-state index is 2.46. The Morgan fingerprint density at radius 2 is 0.750 bits per heavy atom. The minimum Gasteiger partial charge on any atom is -0.308 e. The van der Waals surface area contributed by atoms with Crippen LogP contribution in [0.4, 0.5) is 17.1 Å². The number of hydrogen-bond acceptors (Lipinski definition) is 1. The van der Waals surface area contributed by atoms with Crippen LogP contribution in [0.1, 0.15) is 0 Å². The minimum atomic E-state index is 1.08. The Labute approximate surface area is 395 Å². The number of benzene rings is 12. The zero-order valence-electron chi connectivity index (χ0n) is 37.3. The average Bonchev–Trinajstić information content (AvgIpc) is 3.76. The van der Waals surface area contributed by atoms with Gasteiger partial charge < -0.3 is 9.47 Å². The standard InChI is InChI=1S/C66H44N2/c1-4-17-45(18-5-1)47-31-37-53(38-32-47)67(63-30-16-28-60-58-26-14-15-29-62(58)68(66(60)63)55-41-35-46-19-10-11-24-51(46)43-55)54-39-33-48(34-40-54)52-36-42-57-56-25-12-13-27-59(56)64(49-20-6-2-7-21-49)65(61(57)44-52)50-22-8-3-9-23-50/h1-44H. The van der Waals surface area contributed by atoms with Gasteiger partial charge >= 0.3 is 0 Å². The number of rotatable bonds is 8. The zero-order valence-corrected chi connectivity index (χ0v) is 37.3. The van der Waals surface area contributed by atoms with Crippen LogP contribution in [0.15, 0.2) is 267 Å². The second kappa shape index (κ2) is 16.5. The van der Waals surface area contributed by atoms with Gasteiger partial charge in [0.15, 0.2) is 0 Å². The van der Waals surface area contributed by atoms with Gasteiger partial charge in [-0.25, -0.2) is 0 Å². The van der Waals surface area contributed by atoms with Gasteiger partial charge in [-0.05, 0) is 131 Å². The summed E-state index contributed by atoms with van der Waals surface area (Å²) in [4.78, 5) is 2.43. The molecule has 0 unspecified atom stereocenters. The van der Waals surface area contributed by atoms with Crippen molar-refractivity contribution in [3.63, 3.8) is 0 Å². The molecule has 68 heavy (non-hydrogen) atoms. The second-order valence-corrected chi connectivity index (χ2v) is 17.6. The molecule has 1 aromatic heterocycles. The molecule has 1 heterocycles. The minimum absolute atomic E-state index is 1.08. The highest BCUT2D eigenvalue weighted by atomic mass is 15.2. The highest BCUT2D eigenvalue weighted by Crippen LogP contribution is 2.47. The molecule has 12 aromatic carbocycles. The SMILES string of the molecule is c1ccc(-c2ccc(N(c3ccc(-c4ccc5c(c4)c(-c4ccccc4)c(-c4ccccc4)c4ccccc45)cc3)c3cccc4c5ccccc5n(-c5ccc6ccccc6c5)c34)cc2)cc1. The number of para-hydroxylation sites is 2. The van der Waals surface area contributed by atoms with Crippen molar-refractivity contribution in [1.29, 1.82) is 0 Å². The number of anilines is 3. The van der Waals surface area contributed by atoms with Crippen LogP contribution in [0.25, 0.3) is 104 Å². The summed E-state index contributed by atoms with van der Waals surface area (Å²) in [5, 5.41) is 9.88. The van der Waals surface area contributed by atoms with Crippen LogP contribution in [-0.2, 0) is 0 Å². The summed E-state index contributed by atoms with van der Waals surface area (Å²) >= 11 is 0. The van der Waals surface area contributed by atoms with Gasteiger partial charge in [0.25, 0.3) is 0 Å². The van der Waals surface area contributed by atoms with Crippen LogP contribution < -0.4 is 4.90 Å². The van der Waals surface area contributed by atoms with Gasteiger partial charge in [-0.1, -0.05) is 212 Å². The monoisotopic (exact) mass is 864 g/mol. The van der Waals surface area contributed by atoms with Crippen molar-refractivity contribution >= 4 is 71.2 Å². The molecule has 318 valence electrons. The third kappa shape index (κ3) is 6.65. The first-order valence-corrected chi connectivity index (χ1v) is 23.4. The van der Waals surface area contributed by atoms with Crippen molar-refractivity contribution in [2.45, 2.75) is 0 Å². The van der Waals surface area contributed by atoms with Crippen molar-refractivity contribution in [2.24, 2.45) is 0 Å². The number of hydrogen-bond donors (Lipinski definition) is 0. The topological polar surface area (TPSA) is 8.17 Å². The summed E-state index contributed by atoms with van der Waals surface area (Å²) < 4.78 is 2.46. The smallest absolute Gasteiger partial charge is 0.0782 e. The van der Waals surface area contributed by atoms with E-state index in [1.807, 2.05) is 0 Å². The van der Waals surface area contributed by atoms with E-state index < -0.39 is 0 Å². The third-order valence-electron chi connectivity index (χ3n) is 13.7. The van der Waals surface area contributed by atoms with E-state index in [2.05, 4.69) is 276 Å². The molecular formula is C66H44N2. The molecule has 0 spiro atoms. The average molecular weight is 865 g/mol. The van der Waals surface area contributed by atoms with Gasteiger partial charge in [0.1, 0.15) is 0 Å². The van der Waals surface area contributed by atoms with Crippen molar-refractivity contribution in [3.8, 4) is 50.2 Å². The molecule has 0 N–H and O–H groups in total. The van der Waals surface area contributed by atoms with Crippen molar-refractivity contribution in [1.82, 2.24) is 4.57 Å². The summed E-state index contributed by atoms with van der Waals surface area (Å²) in [6, 6.07) is 97.5. The molecule has 0 aliphatic heterocycles. The molecule has 2 nitrogen and oxygen atoms in total. The summed E-state index contributed by atoms with van der Waals surface area (Å²) in [6.07, 6.45) is 0. The van der Waals surface area contributed by atoms with Crippen LogP contribution in [0, 0.1) is 0 Å². The summed E-state index contributed by atoms with van der Waals surface area (Å²) in [7, 11) is 0. The molecule has 0 radical (unpaired) electrons. The van der Waals surface area contributed by atoms with Crippen LogP contribution in [0.3, 0.4) is 0 Å². The van der Waals surface area contributed by atoms with E-state index in [9.17, 15) is 0 Å². The molecule has 0 aliphatic carbocycles. The van der Waals surface area contributed by atoms with E-state index in [4.69, 9.17) is 0 Å². The van der Waals surface area contributed by atoms with Crippen molar-refractivity contribution in [2.75, 3.05) is 4.90 Å². The Hall–Kier alpha value is -8.98. The second-order valence-electron chi connectivity index (χ2n) is 17.6. The quantitative estimate of drug-likeness (QED) is 0.138. The molecule has 0 saturated carbocycles. The van der Waals surface area contributed by atoms with E-state index in [0.29, 0.717) is 0 Å². The zero-order chi connectivity index (χ0) is 45.0. The van der Waals surface area contributed by atoms with E-state index in [1.54, 1.807) is 0 Å². The lowest BCUT2D eigenvalue weighted by Crippen LogP contribution is -2.11. The highest BCUT2D eigenvalue weighted by molar-refractivity contribution is 6.22. The molecule has 0 fully saturated rings. The van der Waals surface area contributed by atoms with Crippen LogP contribution in [0.5, 0.6) is 0 Å². The highest BCUT2D eigenvalue weighted by Gasteiger charge is 2.23. The van der Waals surface area contributed by atoms with Crippen LogP contribution >= 0.6 is 0 Å². The Bertz CT molecular complexity index is 3980. The van der Waals surface area contributed by atoms with Crippen molar-refractivity contribution < 1.29 is 0 Å². The lowest BCUT2D eigenvalue weighted by Gasteiger charge is -2.27. The van der Waals surface area contributed by atoms with Gasteiger partial charge in [-0.15, -0.1) is 0 Å². The Morgan fingerprint density at radius 1 is 0.265 bits per heavy atom. The van der Waals surface area contributed by atoms with Gasteiger partial charge in [-0.2, -0.15) is 0 Å². The molecule has 0 bridgehead atoms. The van der Waals surface area contributed by atoms with Crippen LogP contribution in [-0.4, -0.2) is 4.57 Å². The van der Waals surface area contributed by atoms with E-state index in [-0.39, 0.29) is 0 Å². The predicted octanol–water partition coefficient (Wildman–Crippen LogP) is 18.4. The molecule has 0 saturated heterocycles. The maximum Gasteiger partial charge on any atom is 0.0782 e. The van der Waals surface area contributed by atoms with E-state index in [1.165, 1.54) is 87.6 Å². The third-order valence-corrected chi connectivity index (χ3v) is 13.7. The lowest BCUT2D eigenvalue weighted by molar-refractivity contribution is 1.17. The Kier molecular flexibility index (Phi) is 9.54. The lowest BCUT2D eigenvalue weighted by atomic mass is 9.84. The predicted molar refractivity (Wildman–Crippen MR) is 290 cm³/mol. The van der Waals surface area contributed by atoms with E-state index in [0.717, 1.165) is 33.8 Å². The normalized spacial score (nSPS) is 11.5. The fourth-order valence-corrected chi connectivity index (χ4v) is 10.6. The summed E-state index contributed by atoms with van der Waals surface area (Å²) in [6.45, 7) is 0. The maximum absolute atomic E-state index is 2.46. The number of fused-ring (bicyclic) bond motifs is 7. The molecule has 0 aliphatic rings. The Balaban J connectivity index is 1.01. The molecule has 0 amide bonds. The largest absolute Gasteiger partial charge is 0.308 e. The molecule has 2 heteroatoms. The summed E-state index contributed by atoms with van der Waals surface area (Å²) in [5.41, 5.74) is 16.4. The molecule has 13 aromatic rings. The first-order valence-electron chi connectivity index (χ1n) is 23.4. The first-order chi connectivity index (χ1) is 33.7. The van der Waals surface area contributed by atoms with Gasteiger partial charge in [0.05, 0.1) is 16.7 Å². The van der Waals surface area contributed by atoms with Gasteiger partial charge in [0, 0.05) is 27.8 Å². The number of aromatic nitrogens is 1.